The number of hydrogen-bond donors (Lipinski definition) is 1. The predicted molar refractivity (Wildman–Crippen MR) is 106 cm³/mol. The molecule has 0 spiro atoms. The third kappa shape index (κ3) is 4.30. The van der Waals surface area contributed by atoms with E-state index in [-0.39, 0.29) is 0 Å². The molecule has 26 heavy (non-hydrogen) atoms. The van der Waals surface area contributed by atoms with Gasteiger partial charge in [-0.1, -0.05) is 24.3 Å². The summed E-state index contributed by atoms with van der Waals surface area (Å²) in [5, 5.41) is 3.29. The Morgan fingerprint density at radius 2 is 1.88 bits per heavy atom. The first-order valence-corrected chi connectivity index (χ1v) is 8.73. The molecule has 0 saturated carbocycles. The lowest BCUT2D eigenvalue weighted by Crippen LogP contribution is -2.18. The van der Waals surface area contributed by atoms with Crippen molar-refractivity contribution in [3.05, 3.63) is 71.9 Å². The SMILES string of the molecule is CCN(c1cccc(C)c1)c1ccnc(NCc2ccc(OC)cc2)n1. The molecule has 1 heterocycles. The van der Waals surface area contributed by atoms with Crippen LogP contribution in [0.2, 0.25) is 0 Å². The summed E-state index contributed by atoms with van der Waals surface area (Å²) >= 11 is 0. The van der Waals surface area contributed by atoms with Crippen LogP contribution in [0.1, 0.15) is 18.1 Å². The summed E-state index contributed by atoms with van der Waals surface area (Å²) in [6.07, 6.45) is 1.79. The fourth-order valence-electron chi connectivity index (χ4n) is 2.78. The molecule has 0 aliphatic heterocycles. The van der Waals surface area contributed by atoms with Gasteiger partial charge >= 0.3 is 0 Å². The van der Waals surface area contributed by atoms with Crippen LogP contribution < -0.4 is 15.0 Å². The summed E-state index contributed by atoms with van der Waals surface area (Å²) in [5.41, 5.74) is 3.51. The van der Waals surface area contributed by atoms with Crippen molar-refractivity contribution in [3.8, 4) is 5.75 Å². The highest BCUT2D eigenvalue weighted by atomic mass is 16.5. The number of benzene rings is 2. The molecule has 0 bridgehead atoms. The Bertz CT molecular complexity index is 849. The van der Waals surface area contributed by atoms with E-state index in [1.165, 1.54) is 5.56 Å². The minimum atomic E-state index is 0.615. The lowest BCUT2D eigenvalue weighted by atomic mass is 10.2. The van der Waals surface area contributed by atoms with E-state index < -0.39 is 0 Å². The van der Waals surface area contributed by atoms with Gasteiger partial charge < -0.3 is 15.0 Å². The van der Waals surface area contributed by atoms with Gasteiger partial charge in [0.25, 0.3) is 0 Å². The fourth-order valence-corrected chi connectivity index (χ4v) is 2.78. The molecule has 1 aromatic heterocycles. The number of anilines is 3. The average molecular weight is 348 g/mol. The van der Waals surface area contributed by atoms with Gasteiger partial charge in [-0.25, -0.2) is 4.98 Å². The molecule has 5 nitrogen and oxygen atoms in total. The maximum Gasteiger partial charge on any atom is 0.224 e. The number of aromatic nitrogens is 2. The molecule has 0 radical (unpaired) electrons. The Morgan fingerprint density at radius 1 is 1.08 bits per heavy atom. The van der Waals surface area contributed by atoms with Gasteiger partial charge in [0.1, 0.15) is 11.6 Å². The zero-order chi connectivity index (χ0) is 18.4. The molecule has 0 amide bonds. The molecule has 0 aliphatic rings. The second kappa shape index (κ2) is 8.34. The molecule has 5 heteroatoms. The molecule has 0 aliphatic carbocycles. The highest BCUT2D eigenvalue weighted by Gasteiger charge is 2.10. The fraction of sp³-hybridized carbons (Fsp3) is 0.238. The van der Waals surface area contributed by atoms with Crippen molar-refractivity contribution in [2.24, 2.45) is 0 Å². The number of rotatable bonds is 7. The molecule has 0 saturated heterocycles. The van der Waals surface area contributed by atoms with Gasteiger partial charge in [0, 0.05) is 25.0 Å². The van der Waals surface area contributed by atoms with E-state index in [4.69, 9.17) is 4.74 Å². The summed E-state index contributed by atoms with van der Waals surface area (Å²) in [5.74, 6) is 2.35. The van der Waals surface area contributed by atoms with Crippen LogP contribution in [-0.2, 0) is 6.54 Å². The first-order valence-electron chi connectivity index (χ1n) is 8.73. The summed E-state index contributed by atoms with van der Waals surface area (Å²) in [6.45, 7) is 5.70. The van der Waals surface area contributed by atoms with Crippen molar-refractivity contribution in [1.29, 1.82) is 0 Å². The molecule has 1 N–H and O–H groups in total. The van der Waals surface area contributed by atoms with Crippen molar-refractivity contribution in [2.75, 3.05) is 23.9 Å². The lowest BCUT2D eigenvalue weighted by Gasteiger charge is -2.22. The molecule has 0 atom stereocenters. The van der Waals surface area contributed by atoms with E-state index in [1.807, 2.05) is 30.3 Å². The summed E-state index contributed by atoms with van der Waals surface area (Å²) < 4.78 is 5.19. The van der Waals surface area contributed by atoms with Crippen molar-refractivity contribution >= 4 is 17.5 Å². The first-order chi connectivity index (χ1) is 12.7. The van der Waals surface area contributed by atoms with Gasteiger partial charge in [0.2, 0.25) is 5.95 Å². The van der Waals surface area contributed by atoms with Crippen LogP contribution in [-0.4, -0.2) is 23.6 Å². The smallest absolute Gasteiger partial charge is 0.224 e. The molecular weight excluding hydrogens is 324 g/mol. The van der Waals surface area contributed by atoms with Gasteiger partial charge in [0.15, 0.2) is 0 Å². The van der Waals surface area contributed by atoms with Crippen LogP contribution in [0.15, 0.2) is 60.8 Å². The second-order valence-electron chi connectivity index (χ2n) is 6.02. The van der Waals surface area contributed by atoms with Crippen LogP contribution >= 0.6 is 0 Å². The van der Waals surface area contributed by atoms with Crippen molar-refractivity contribution in [3.63, 3.8) is 0 Å². The van der Waals surface area contributed by atoms with Crippen LogP contribution in [0.4, 0.5) is 17.5 Å². The Labute approximate surface area is 154 Å². The largest absolute Gasteiger partial charge is 0.497 e. The number of ether oxygens (including phenoxy) is 1. The van der Waals surface area contributed by atoms with Gasteiger partial charge in [-0.05, 0) is 55.3 Å². The summed E-state index contributed by atoms with van der Waals surface area (Å²) in [4.78, 5) is 11.2. The highest BCUT2D eigenvalue weighted by Crippen LogP contribution is 2.24. The Balaban J connectivity index is 1.74. The van der Waals surface area contributed by atoms with Gasteiger partial charge in [0.05, 0.1) is 7.11 Å². The molecular formula is C21H24N4O. The number of methoxy groups -OCH3 is 1. The van der Waals surface area contributed by atoms with Crippen LogP contribution in [0.5, 0.6) is 5.75 Å². The van der Waals surface area contributed by atoms with E-state index in [1.54, 1.807) is 13.3 Å². The quantitative estimate of drug-likeness (QED) is 0.678. The van der Waals surface area contributed by atoms with Crippen molar-refractivity contribution < 1.29 is 4.74 Å². The van der Waals surface area contributed by atoms with E-state index in [9.17, 15) is 0 Å². The zero-order valence-corrected chi connectivity index (χ0v) is 15.4. The van der Waals surface area contributed by atoms with E-state index in [2.05, 4.69) is 58.3 Å². The van der Waals surface area contributed by atoms with E-state index in [0.29, 0.717) is 12.5 Å². The average Bonchev–Trinajstić information content (AvgIpc) is 2.68. The normalized spacial score (nSPS) is 10.4. The molecule has 134 valence electrons. The van der Waals surface area contributed by atoms with E-state index >= 15 is 0 Å². The van der Waals surface area contributed by atoms with Gasteiger partial charge in [-0.2, -0.15) is 4.98 Å². The Hall–Kier alpha value is -3.08. The number of hydrogen-bond acceptors (Lipinski definition) is 5. The zero-order valence-electron chi connectivity index (χ0n) is 15.4. The van der Waals surface area contributed by atoms with Crippen molar-refractivity contribution in [1.82, 2.24) is 9.97 Å². The molecule has 3 rings (SSSR count). The standard InChI is InChI=1S/C21H24N4O/c1-4-25(18-7-5-6-16(2)14-18)20-12-13-22-21(24-20)23-15-17-8-10-19(26-3)11-9-17/h5-14H,4,15H2,1-3H3,(H,22,23,24). The van der Waals surface area contributed by atoms with Crippen LogP contribution in [0.3, 0.4) is 0 Å². The molecule has 3 aromatic rings. The van der Waals surface area contributed by atoms with Gasteiger partial charge in [-0.15, -0.1) is 0 Å². The van der Waals surface area contributed by atoms with E-state index in [0.717, 1.165) is 29.4 Å². The van der Waals surface area contributed by atoms with Gasteiger partial charge in [-0.3, -0.25) is 0 Å². The first kappa shape index (κ1) is 17.7. The minimum absolute atomic E-state index is 0.615. The highest BCUT2D eigenvalue weighted by molar-refractivity contribution is 5.61. The number of nitrogens with one attached hydrogen (secondary N) is 1. The van der Waals surface area contributed by atoms with Crippen LogP contribution in [0, 0.1) is 6.92 Å². The Morgan fingerprint density at radius 3 is 2.58 bits per heavy atom. The summed E-state index contributed by atoms with van der Waals surface area (Å²) in [7, 11) is 1.67. The Kier molecular flexibility index (Phi) is 5.69. The van der Waals surface area contributed by atoms with Crippen molar-refractivity contribution in [2.45, 2.75) is 20.4 Å². The maximum absolute atomic E-state index is 5.19. The second-order valence-corrected chi connectivity index (χ2v) is 6.02. The lowest BCUT2D eigenvalue weighted by molar-refractivity contribution is 0.414. The molecule has 0 fully saturated rings. The maximum atomic E-state index is 5.19. The number of nitrogens with zero attached hydrogens (tertiary/aromatic N) is 3. The third-order valence-corrected chi connectivity index (χ3v) is 4.16. The van der Waals surface area contributed by atoms with Crippen LogP contribution in [0.25, 0.3) is 0 Å². The minimum Gasteiger partial charge on any atom is -0.497 e. The predicted octanol–water partition coefficient (Wildman–Crippen LogP) is 4.56. The number of aryl methyl sites for hydroxylation is 1. The summed E-state index contributed by atoms with van der Waals surface area (Å²) in [6, 6.07) is 18.3. The topological polar surface area (TPSA) is 50.3 Å². The molecule has 2 aromatic carbocycles. The monoisotopic (exact) mass is 348 g/mol. The molecule has 0 unspecified atom stereocenters. The third-order valence-electron chi connectivity index (χ3n) is 4.16.